The van der Waals surface area contributed by atoms with Crippen LogP contribution in [0.15, 0.2) is 34.2 Å². The molecule has 0 aliphatic heterocycles. The Bertz CT molecular complexity index is 1040. The summed E-state index contributed by atoms with van der Waals surface area (Å²) >= 11 is 22.2. The number of nitrogens with zero attached hydrogens (tertiary/aromatic N) is 2. The molecule has 0 amide bonds. The lowest BCUT2D eigenvalue weighted by atomic mass is 10.2. The van der Waals surface area contributed by atoms with Crippen molar-refractivity contribution in [2.24, 2.45) is 0 Å². The van der Waals surface area contributed by atoms with Crippen LogP contribution in [0.5, 0.6) is 5.75 Å². The average molecular weight is 406 g/mol. The zero-order valence-corrected chi connectivity index (χ0v) is 15.1. The summed E-state index contributed by atoms with van der Waals surface area (Å²) in [6, 6.07) is 5.28. The van der Waals surface area contributed by atoms with Crippen molar-refractivity contribution in [1.29, 1.82) is 0 Å². The highest BCUT2D eigenvalue weighted by atomic mass is 35.5. The summed E-state index contributed by atoms with van der Waals surface area (Å²) in [6.07, 6.45) is 0. The third-order valence-corrected chi connectivity index (χ3v) is 4.54. The second kappa shape index (κ2) is 6.44. The number of hydrogen-bond acceptors (Lipinski definition) is 4. The van der Waals surface area contributed by atoms with Crippen LogP contribution in [0.1, 0.15) is 0 Å². The Morgan fingerprint density at radius 3 is 2.50 bits per heavy atom. The van der Waals surface area contributed by atoms with Crippen LogP contribution in [0.3, 0.4) is 0 Å². The number of aromatic nitrogens is 2. The molecular weight excluding hydrogens is 398 g/mol. The first-order valence-electron chi connectivity index (χ1n) is 6.47. The van der Waals surface area contributed by atoms with Crippen LogP contribution in [0.25, 0.3) is 16.6 Å². The number of thiol groups is 1. The van der Waals surface area contributed by atoms with E-state index < -0.39 is 11.4 Å². The second-order valence-corrected chi connectivity index (χ2v) is 6.40. The van der Waals surface area contributed by atoms with Crippen LogP contribution < -0.4 is 10.3 Å². The molecule has 124 valence electrons. The predicted octanol–water partition coefficient (Wildman–Crippen LogP) is 4.78. The lowest BCUT2D eigenvalue weighted by molar-refractivity contribution is 0.415. The summed E-state index contributed by atoms with van der Waals surface area (Å²) < 4.78 is 20.0. The van der Waals surface area contributed by atoms with Gasteiger partial charge in [0.25, 0.3) is 5.56 Å². The Balaban J connectivity index is 2.41. The molecule has 0 unspecified atom stereocenters. The largest absolute Gasteiger partial charge is 0.497 e. The Labute approximate surface area is 156 Å². The van der Waals surface area contributed by atoms with Crippen molar-refractivity contribution in [2.45, 2.75) is 5.16 Å². The maximum Gasteiger partial charge on any atom is 0.268 e. The van der Waals surface area contributed by atoms with Gasteiger partial charge in [-0.3, -0.25) is 9.36 Å². The van der Waals surface area contributed by atoms with Crippen molar-refractivity contribution >= 4 is 58.3 Å². The monoisotopic (exact) mass is 404 g/mol. The molecule has 2 aromatic carbocycles. The molecule has 4 nitrogen and oxygen atoms in total. The zero-order valence-electron chi connectivity index (χ0n) is 12.0. The number of methoxy groups -OCH3 is 1. The minimum atomic E-state index is -0.725. The Morgan fingerprint density at radius 2 is 1.83 bits per heavy atom. The van der Waals surface area contributed by atoms with Gasteiger partial charge in [-0.1, -0.05) is 34.8 Å². The highest BCUT2D eigenvalue weighted by Crippen LogP contribution is 2.30. The average Bonchev–Trinajstić information content (AvgIpc) is 2.51. The number of halogens is 4. The normalized spacial score (nSPS) is 11.1. The van der Waals surface area contributed by atoms with E-state index in [2.05, 4.69) is 17.6 Å². The molecule has 9 heteroatoms. The van der Waals surface area contributed by atoms with Crippen LogP contribution in [0.2, 0.25) is 15.1 Å². The number of hydrogen-bond donors (Lipinski definition) is 1. The summed E-state index contributed by atoms with van der Waals surface area (Å²) in [5.74, 6) is -0.280. The molecule has 0 N–H and O–H groups in total. The standard InChI is InChI=1S/C15H8Cl3FN2O2S/c1-23-6-2-9(18)13-11(3-6)20-15(24)21(14(13)22)12-5-10(19)7(16)4-8(12)17/h2-5H,1H3,(H,20,24). The minimum Gasteiger partial charge on any atom is -0.497 e. The third-order valence-electron chi connectivity index (χ3n) is 3.35. The molecule has 0 atom stereocenters. The summed E-state index contributed by atoms with van der Waals surface area (Å²) in [5.41, 5.74) is -0.174. The number of rotatable bonds is 2. The molecule has 0 radical (unpaired) electrons. The molecule has 24 heavy (non-hydrogen) atoms. The smallest absolute Gasteiger partial charge is 0.268 e. The van der Waals surface area contributed by atoms with E-state index in [0.29, 0.717) is 11.3 Å². The highest BCUT2D eigenvalue weighted by molar-refractivity contribution is 7.80. The number of benzene rings is 2. The van der Waals surface area contributed by atoms with Crippen LogP contribution >= 0.6 is 47.4 Å². The molecule has 0 bridgehead atoms. The molecular formula is C15H8Cl3FN2O2S. The van der Waals surface area contributed by atoms with Gasteiger partial charge in [-0.15, -0.1) is 12.6 Å². The van der Waals surface area contributed by atoms with Crippen LogP contribution in [0, 0.1) is 5.82 Å². The second-order valence-electron chi connectivity index (χ2n) is 4.77. The van der Waals surface area contributed by atoms with Gasteiger partial charge in [0.1, 0.15) is 11.6 Å². The van der Waals surface area contributed by atoms with Crippen LogP contribution in [0.4, 0.5) is 4.39 Å². The Kier molecular flexibility index (Phi) is 4.66. The first-order chi connectivity index (χ1) is 11.3. The van der Waals surface area contributed by atoms with Crippen molar-refractivity contribution < 1.29 is 9.13 Å². The molecule has 0 aliphatic rings. The molecule has 0 spiro atoms. The molecule has 3 aromatic rings. The zero-order chi connectivity index (χ0) is 17.6. The van der Waals surface area contributed by atoms with Gasteiger partial charge in [0.15, 0.2) is 5.16 Å². The first-order valence-corrected chi connectivity index (χ1v) is 8.05. The molecule has 0 fully saturated rings. The van der Waals surface area contributed by atoms with Crippen molar-refractivity contribution in [1.82, 2.24) is 9.55 Å². The maximum absolute atomic E-state index is 13.8. The predicted molar refractivity (Wildman–Crippen MR) is 96.1 cm³/mol. The molecule has 1 aromatic heterocycles. The Morgan fingerprint density at radius 1 is 1.12 bits per heavy atom. The van der Waals surface area contributed by atoms with Crippen molar-refractivity contribution in [3.63, 3.8) is 0 Å². The lowest BCUT2D eigenvalue weighted by Gasteiger charge is -2.13. The van der Waals surface area contributed by atoms with E-state index in [4.69, 9.17) is 39.5 Å². The molecule has 0 saturated carbocycles. The quantitative estimate of drug-likeness (QED) is 0.379. The topological polar surface area (TPSA) is 44.1 Å². The van der Waals surface area contributed by atoms with Gasteiger partial charge in [0, 0.05) is 12.1 Å². The summed E-state index contributed by atoms with van der Waals surface area (Å²) in [6.45, 7) is 0. The van der Waals surface area contributed by atoms with Gasteiger partial charge in [-0.05, 0) is 12.1 Å². The fourth-order valence-corrected chi connectivity index (χ4v) is 3.31. The SMILES string of the molecule is COc1cc(Cl)c2c(=O)n(-c3cc(F)c(Cl)cc3Cl)c(S)nc2c1. The van der Waals surface area contributed by atoms with E-state index in [1.54, 1.807) is 6.07 Å². The fraction of sp³-hybridized carbons (Fsp3) is 0.0667. The van der Waals surface area contributed by atoms with Crippen molar-refractivity contribution in [3.8, 4) is 11.4 Å². The van der Waals surface area contributed by atoms with E-state index in [1.807, 2.05) is 0 Å². The van der Waals surface area contributed by atoms with Gasteiger partial charge >= 0.3 is 0 Å². The van der Waals surface area contributed by atoms with Crippen LogP contribution in [-0.2, 0) is 0 Å². The Hall–Kier alpha value is -1.47. The van der Waals surface area contributed by atoms with E-state index in [1.165, 1.54) is 19.2 Å². The van der Waals surface area contributed by atoms with Crippen molar-refractivity contribution in [2.75, 3.05) is 7.11 Å². The summed E-state index contributed by atoms with van der Waals surface area (Å²) in [4.78, 5) is 17.1. The molecule has 0 saturated heterocycles. The van der Waals surface area contributed by atoms with E-state index in [-0.39, 0.29) is 31.3 Å². The summed E-state index contributed by atoms with van der Waals surface area (Å²) in [5, 5.41) is 0.218. The van der Waals surface area contributed by atoms with Crippen molar-refractivity contribution in [3.05, 3.63) is 55.5 Å². The van der Waals surface area contributed by atoms with Crippen LogP contribution in [-0.4, -0.2) is 16.7 Å². The number of ether oxygens (including phenoxy) is 1. The van der Waals surface area contributed by atoms with Gasteiger partial charge < -0.3 is 4.74 Å². The molecule has 3 rings (SSSR count). The van der Waals surface area contributed by atoms with Gasteiger partial charge in [-0.25, -0.2) is 9.37 Å². The third kappa shape index (κ3) is 2.84. The summed E-state index contributed by atoms with van der Waals surface area (Å²) in [7, 11) is 1.47. The van der Waals surface area contributed by atoms with Gasteiger partial charge in [0.05, 0.1) is 38.8 Å². The first kappa shape index (κ1) is 17.4. The minimum absolute atomic E-state index is 0.0143. The van der Waals surface area contributed by atoms with Gasteiger partial charge in [-0.2, -0.15) is 0 Å². The number of fused-ring (bicyclic) bond motifs is 1. The lowest BCUT2D eigenvalue weighted by Crippen LogP contribution is -2.22. The molecule has 0 aliphatic carbocycles. The molecule has 1 heterocycles. The highest BCUT2D eigenvalue weighted by Gasteiger charge is 2.18. The van der Waals surface area contributed by atoms with E-state index in [0.717, 1.165) is 10.6 Å². The maximum atomic E-state index is 13.8. The fourth-order valence-electron chi connectivity index (χ4n) is 2.25. The van der Waals surface area contributed by atoms with Gasteiger partial charge in [0.2, 0.25) is 0 Å². The van der Waals surface area contributed by atoms with E-state index >= 15 is 0 Å². The van der Waals surface area contributed by atoms with E-state index in [9.17, 15) is 9.18 Å².